The molecule has 0 aromatic heterocycles. The van der Waals surface area contributed by atoms with Crippen molar-refractivity contribution < 1.29 is 9.53 Å². The van der Waals surface area contributed by atoms with Gasteiger partial charge >= 0.3 is 0 Å². The molecule has 0 unspecified atom stereocenters. The fourth-order valence-corrected chi connectivity index (χ4v) is 3.14. The summed E-state index contributed by atoms with van der Waals surface area (Å²) in [4.78, 5) is 11.7. The van der Waals surface area contributed by atoms with Gasteiger partial charge < -0.3 is 15.8 Å². The largest absolute Gasteiger partial charge is 0.381 e. The number of hydrogen-bond acceptors (Lipinski definition) is 3. The molecule has 1 amide bonds. The van der Waals surface area contributed by atoms with Gasteiger partial charge in [0.05, 0.1) is 5.41 Å². The SMILES string of the molecule is Cc1ccc(CNCC2(C(N)=O)CCOCC2)c(Br)c1. The molecule has 1 fully saturated rings. The van der Waals surface area contributed by atoms with E-state index in [0.29, 0.717) is 32.6 Å². The summed E-state index contributed by atoms with van der Waals surface area (Å²) in [5.41, 5.74) is 7.53. The van der Waals surface area contributed by atoms with Crippen molar-refractivity contribution in [1.29, 1.82) is 0 Å². The van der Waals surface area contributed by atoms with Crippen LogP contribution in [0.5, 0.6) is 0 Å². The summed E-state index contributed by atoms with van der Waals surface area (Å²) in [7, 11) is 0. The highest BCUT2D eigenvalue weighted by Crippen LogP contribution is 2.29. The van der Waals surface area contributed by atoms with E-state index in [0.717, 1.165) is 11.0 Å². The van der Waals surface area contributed by atoms with Crippen molar-refractivity contribution >= 4 is 21.8 Å². The molecule has 5 heteroatoms. The third kappa shape index (κ3) is 3.59. The molecule has 20 heavy (non-hydrogen) atoms. The number of nitrogens with two attached hydrogens (primary N) is 1. The lowest BCUT2D eigenvalue weighted by Crippen LogP contribution is -2.48. The zero-order chi connectivity index (χ0) is 14.6. The van der Waals surface area contributed by atoms with Gasteiger partial charge in [0, 0.05) is 30.8 Å². The molecule has 1 aromatic rings. The number of carbonyl (C=O) groups excluding carboxylic acids is 1. The molecule has 2 rings (SSSR count). The predicted octanol–water partition coefficient (Wildman–Crippen LogP) is 2.13. The Labute approximate surface area is 128 Å². The summed E-state index contributed by atoms with van der Waals surface area (Å²) < 4.78 is 6.42. The molecular formula is C15H21BrN2O2. The van der Waals surface area contributed by atoms with Crippen molar-refractivity contribution in [3.63, 3.8) is 0 Å². The lowest BCUT2D eigenvalue weighted by atomic mass is 9.79. The molecule has 0 saturated carbocycles. The Balaban J connectivity index is 1.95. The maximum Gasteiger partial charge on any atom is 0.225 e. The second-order valence-corrected chi connectivity index (χ2v) is 6.31. The van der Waals surface area contributed by atoms with Crippen LogP contribution in [0.2, 0.25) is 0 Å². The van der Waals surface area contributed by atoms with Crippen molar-refractivity contribution in [3.8, 4) is 0 Å². The van der Waals surface area contributed by atoms with Gasteiger partial charge in [-0.2, -0.15) is 0 Å². The topological polar surface area (TPSA) is 64.3 Å². The molecule has 0 spiro atoms. The molecule has 1 saturated heterocycles. The van der Waals surface area contributed by atoms with Crippen LogP contribution in [0.15, 0.2) is 22.7 Å². The second kappa shape index (κ2) is 6.70. The summed E-state index contributed by atoms with van der Waals surface area (Å²) in [5.74, 6) is -0.226. The maximum absolute atomic E-state index is 11.7. The highest BCUT2D eigenvalue weighted by atomic mass is 79.9. The molecule has 1 aliphatic heterocycles. The Morgan fingerprint density at radius 3 is 2.75 bits per heavy atom. The number of nitrogens with one attached hydrogen (secondary N) is 1. The molecular weight excluding hydrogens is 320 g/mol. The summed E-state index contributed by atoms with van der Waals surface area (Å²) >= 11 is 3.56. The maximum atomic E-state index is 11.7. The smallest absolute Gasteiger partial charge is 0.225 e. The van der Waals surface area contributed by atoms with Crippen molar-refractivity contribution in [2.75, 3.05) is 19.8 Å². The van der Waals surface area contributed by atoms with E-state index in [4.69, 9.17) is 10.5 Å². The van der Waals surface area contributed by atoms with Gasteiger partial charge in [0.1, 0.15) is 0 Å². The highest BCUT2D eigenvalue weighted by molar-refractivity contribution is 9.10. The van der Waals surface area contributed by atoms with Crippen molar-refractivity contribution in [2.24, 2.45) is 11.1 Å². The fraction of sp³-hybridized carbons (Fsp3) is 0.533. The van der Waals surface area contributed by atoms with E-state index in [2.05, 4.69) is 46.4 Å². The molecule has 4 nitrogen and oxygen atoms in total. The van der Waals surface area contributed by atoms with Gasteiger partial charge in [-0.3, -0.25) is 4.79 Å². The first kappa shape index (κ1) is 15.5. The Morgan fingerprint density at radius 2 is 2.15 bits per heavy atom. The molecule has 1 aliphatic rings. The van der Waals surface area contributed by atoms with Gasteiger partial charge in [0.2, 0.25) is 5.91 Å². The third-order valence-corrected chi connectivity index (χ3v) is 4.70. The molecule has 1 heterocycles. The molecule has 3 N–H and O–H groups in total. The number of ether oxygens (including phenoxy) is 1. The van der Waals surface area contributed by atoms with Crippen molar-refractivity contribution in [1.82, 2.24) is 5.32 Å². The third-order valence-electron chi connectivity index (χ3n) is 3.96. The van der Waals surface area contributed by atoms with Crippen LogP contribution in [0.3, 0.4) is 0 Å². The van der Waals surface area contributed by atoms with Crippen LogP contribution < -0.4 is 11.1 Å². The standard InChI is InChI=1S/C15H21BrN2O2/c1-11-2-3-12(13(16)8-11)9-18-10-15(14(17)19)4-6-20-7-5-15/h2-3,8,18H,4-7,9-10H2,1H3,(H2,17,19). The Bertz CT molecular complexity index is 485. The number of hydrogen-bond donors (Lipinski definition) is 2. The number of rotatable bonds is 5. The Morgan fingerprint density at radius 1 is 1.45 bits per heavy atom. The zero-order valence-electron chi connectivity index (χ0n) is 11.7. The molecule has 0 bridgehead atoms. The van der Waals surface area contributed by atoms with E-state index in [9.17, 15) is 4.79 Å². The number of aryl methyl sites for hydroxylation is 1. The molecule has 0 atom stereocenters. The van der Waals surface area contributed by atoms with Gasteiger partial charge in [0.15, 0.2) is 0 Å². The van der Waals surface area contributed by atoms with Gasteiger partial charge in [-0.1, -0.05) is 28.1 Å². The second-order valence-electron chi connectivity index (χ2n) is 5.46. The van der Waals surface area contributed by atoms with Gasteiger partial charge in [-0.25, -0.2) is 0 Å². The van der Waals surface area contributed by atoms with Gasteiger partial charge in [-0.15, -0.1) is 0 Å². The minimum Gasteiger partial charge on any atom is -0.381 e. The average Bonchev–Trinajstić information content (AvgIpc) is 2.42. The first-order chi connectivity index (χ1) is 9.53. The van der Waals surface area contributed by atoms with Crippen molar-refractivity contribution in [3.05, 3.63) is 33.8 Å². The highest BCUT2D eigenvalue weighted by Gasteiger charge is 2.37. The van der Waals surface area contributed by atoms with Crippen LogP contribution in [0.25, 0.3) is 0 Å². The van der Waals surface area contributed by atoms with E-state index in [-0.39, 0.29) is 5.91 Å². The van der Waals surface area contributed by atoms with Gasteiger partial charge in [-0.05, 0) is 37.0 Å². The van der Waals surface area contributed by atoms with Crippen LogP contribution >= 0.6 is 15.9 Å². The molecule has 110 valence electrons. The van der Waals surface area contributed by atoms with Crippen LogP contribution in [0.1, 0.15) is 24.0 Å². The Hall–Kier alpha value is -0.910. The summed E-state index contributed by atoms with van der Waals surface area (Å²) in [6.45, 7) is 4.60. The van der Waals surface area contributed by atoms with Crippen LogP contribution in [0.4, 0.5) is 0 Å². The summed E-state index contributed by atoms with van der Waals surface area (Å²) in [5, 5.41) is 3.37. The first-order valence-corrected chi connectivity index (χ1v) is 7.66. The summed E-state index contributed by atoms with van der Waals surface area (Å²) in [6.07, 6.45) is 1.40. The lowest BCUT2D eigenvalue weighted by Gasteiger charge is -2.34. The first-order valence-electron chi connectivity index (χ1n) is 6.87. The van der Waals surface area contributed by atoms with Gasteiger partial charge in [0.25, 0.3) is 0 Å². The minimum absolute atomic E-state index is 0.226. The van der Waals surface area contributed by atoms with E-state index >= 15 is 0 Å². The van der Waals surface area contributed by atoms with Crippen molar-refractivity contribution in [2.45, 2.75) is 26.3 Å². The summed E-state index contributed by atoms with van der Waals surface area (Å²) in [6, 6.07) is 6.27. The van der Waals surface area contributed by atoms with E-state index in [1.807, 2.05) is 0 Å². The normalized spacial score (nSPS) is 17.9. The van der Waals surface area contributed by atoms with Crippen LogP contribution in [0, 0.1) is 12.3 Å². The fourth-order valence-electron chi connectivity index (χ4n) is 2.50. The number of primary amides is 1. The lowest BCUT2D eigenvalue weighted by molar-refractivity contribution is -0.132. The van der Waals surface area contributed by atoms with E-state index in [1.165, 1.54) is 11.1 Å². The van der Waals surface area contributed by atoms with E-state index < -0.39 is 5.41 Å². The molecule has 0 radical (unpaired) electrons. The quantitative estimate of drug-likeness (QED) is 0.862. The molecule has 0 aliphatic carbocycles. The Kier molecular flexibility index (Phi) is 5.18. The predicted molar refractivity (Wildman–Crippen MR) is 82.3 cm³/mol. The van der Waals surface area contributed by atoms with Crippen LogP contribution in [-0.4, -0.2) is 25.7 Å². The minimum atomic E-state index is -0.463. The average molecular weight is 341 g/mol. The number of halogens is 1. The number of amides is 1. The molecule has 1 aromatic carbocycles. The number of carbonyl (C=O) groups is 1. The van der Waals surface area contributed by atoms with E-state index in [1.54, 1.807) is 0 Å². The zero-order valence-corrected chi connectivity index (χ0v) is 13.3. The number of benzene rings is 1. The monoisotopic (exact) mass is 340 g/mol. The van der Waals surface area contributed by atoms with Crippen LogP contribution in [-0.2, 0) is 16.1 Å².